The van der Waals surface area contributed by atoms with Gasteiger partial charge < -0.3 is 5.32 Å². The summed E-state index contributed by atoms with van der Waals surface area (Å²) in [6.45, 7) is 8.06. The smallest absolute Gasteiger partial charge is 0.211 e. The van der Waals surface area contributed by atoms with Crippen molar-refractivity contribution in [2.75, 3.05) is 25.9 Å². The molecule has 0 aromatic carbocycles. The lowest BCUT2D eigenvalue weighted by atomic mass is 9.99. The molecule has 1 aliphatic heterocycles. The Morgan fingerprint density at radius 3 is 2.88 bits per heavy atom. The molecule has 5 heteroatoms. The van der Waals surface area contributed by atoms with E-state index >= 15 is 0 Å². The molecule has 1 saturated heterocycles. The Balaban J connectivity index is 2.37. The van der Waals surface area contributed by atoms with E-state index in [2.05, 4.69) is 18.8 Å². The van der Waals surface area contributed by atoms with Crippen molar-refractivity contribution in [3.8, 4) is 0 Å². The average molecular weight is 260 g/mol. The maximum atomic E-state index is 11.5. The zero-order valence-electron chi connectivity index (χ0n) is 10.9. The minimum Gasteiger partial charge on any atom is -0.314 e. The van der Waals surface area contributed by atoms with Crippen LogP contribution in [-0.2, 0) is 10.0 Å². The van der Waals surface area contributed by atoms with Gasteiger partial charge in [0.05, 0.1) is 6.26 Å². The molecule has 1 rings (SSSR count). The summed E-state index contributed by atoms with van der Waals surface area (Å²) >= 11 is 0. The van der Waals surface area contributed by atoms with Gasteiger partial charge in [0.15, 0.2) is 0 Å². The van der Waals surface area contributed by atoms with Crippen molar-refractivity contribution in [3.63, 3.8) is 0 Å². The molecule has 0 saturated carbocycles. The summed E-state index contributed by atoms with van der Waals surface area (Å²) in [6, 6.07) is 0.418. The number of nitrogens with one attached hydrogen (secondary N) is 1. The van der Waals surface area contributed by atoms with Gasteiger partial charge >= 0.3 is 0 Å². The number of hydrogen-bond donors (Lipinski definition) is 1. The van der Waals surface area contributed by atoms with Crippen LogP contribution in [0.4, 0.5) is 0 Å². The van der Waals surface area contributed by atoms with Gasteiger partial charge in [-0.3, -0.25) is 0 Å². The third-order valence-corrected chi connectivity index (χ3v) is 4.50. The predicted molar refractivity (Wildman–Crippen MR) is 71.4 cm³/mol. The molecular formula is C12H24N2O2S. The van der Waals surface area contributed by atoms with E-state index in [9.17, 15) is 8.42 Å². The molecule has 2 atom stereocenters. The minimum absolute atomic E-state index is 0.418. The van der Waals surface area contributed by atoms with Crippen LogP contribution in [-0.4, -0.2) is 44.7 Å². The van der Waals surface area contributed by atoms with Crippen LogP contribution in [0.3, 0.4) is 0 Å². The lowest BCUT2D eigenvalue weighted by molar-refractivity contribution is 0.256. The lowest BCUT2D eigenvalue weighted by Crippen LogP contribution is -2.43. The molecule has 0 radical (unpaired) electrons. The fourth-order valence-electron chi connectivity index (χ4n) is 2.20. The first-order valence-electron chi connectivity index (χ1n) is 6.23. The molecule has 2 unspecified atom stereocenters. The number of piperidine rings is 1. The molecule has 0 aromatic rings. The highest BCUT2D eigenvalue weighted by molar-refractivity contribution is 7.88. The molecule has 0 aliphatic carbocycles. The Morgan fingerprint density at radius 2 is 2.29 bits per heavy atom. The van der Waals surface area contributed by atoms with Crippen LogP contribution >= 0.6 is 0 Å². The van der Waals surface area contributed by atoms with E-state index in [4.69, 9.17) is 0 Å². The highest BCUT2D eigenvalue weighted by atomic mass is 32.2. The standard InChI is InChI=1S/C12H24N2O2S/c1-4-6-11(2)13-9-12-7-5-8-14(10-12)17(3,15)16/h4,11-13H,1,5-10H2,2-3H3. The van der Waals surface area contributed by atoms with E-state index in [1.165, 1.54) is 6.26 Å². The number of sulfonamides is 1. The van der Waals surface area contributed by atoms with Crippen LogP contribution in [0.25, 0.3) is 0 Å². The van der Waals surface area contributed by atoms with Gasteiger partial charge in [0.1, 0.15) is 0 Å². The first-order chi connectivity index (χ1) is 7.93. The van der Waals surface area contributed by atoms with Gasteiger partial charge in [0.2, 0.25) is 10.0 Å². The van der Waals surface area contributed by atoms with Crippen molar-refractivity contribution >= 4 is 10.0 Å². The fourth-order valence-corrected chi connectivity index (χ4v) is 3.14. The predicted octanol–water partition coefficient (Wildman–Crippen LogP) is 1.21. The maximum Gasteiger partial charge on any atom is 0.211 e. The van der Waals surface area contributed by atoms with Gasteiger partial charge in [-0.25, -0.2) is 12.7 Å². The highest BCUT2D eigenvalue weighted by Crippen LogP contribution is 2.18. The van der Waals surface area contributed by atoms with E-state index in [-0.39, 0.29) is 0 Å². The third kappa shape index (κ3) is 5.19. The van der Waals surface area contributed by atoms with Crippen molar-refractivity contribution in [2.24, 2.45) is 5.92 Å². The van der Waals surface area contributed by atoms with E-state index in [1.807, 2.05) is 6.08 Å². The Hall–Kier alpha value is -0.390. The maximum absolute atomic E-state index is 11.5. The molecule has 0 bridgehead atoms. The normalized spacial score (nSPS) is 24.5. The van der Waals surface area contributed by atoms with Gasteiger partial charge in [-0.05, 0) is 38.6 Å². The molecule has 1 N–H and O–H groups in total. The third-order valence-electron chi connectivity index (χ3n) is 3.23. The van der Waals surface area contributed by atoms with Crippen LogP contribution in [0.5, 0.6) is 0 Å². The van der Waals surface area contributed by atoms with E-state index in [0.29, 0.717) is 25.0 Å². The second kappa shape index (κ2) is 6.52. The monoisotopic (exact) mass is 260 g/mol. The lowest BCUT2D eigenvalue weighted by Gasteiger charge is -2.31. The van der Waals surface area contributed by atoms with Crippen LogP contribution in [0.1, 0.15) is 26.2 Å². The van der Waals surface area contributed by atoms with Crippen LogP contribution in [0, 0.1) is 5.92 Å². The topological polar surface area (TPSA) is 49.4 Å². The molecular weight excluding hydrogens is 236 g/mol. The molecule has 0 spiro atoms. The van der Waals surface area contributed by atoms with Crippen molar-refractivity contribution in [1.82, 2.24) is 9.62 Å². The van der Waals surface area contributed by atoms with Crippen molar-refractivity contribution < 1.29 is 8.42 Å². The molecule has 1 fully saturated rings. The highest BCUT2D eigenvalue weighted by Gasteiger charge is 2.25. The fraction of sp³-hybridized carbons (Fsp3) is 0.833. The molecule has 0 aromatic heterocycles. The quantitative estimate of drug-likeness (QED) is 0.730. The molecule has 1 heterocycles. The summed E-state index contributed by atoms with van der Waals surface area (Å²) in [6.07, 6.45) is 6.22. The van der Waals surface area contributed by atoms with Gasteiger partial charge in [-0.1, -0.05) is 6.08 Å². The molecule has 0 amide bonds. The van der Waals surface area contributed by atoms with E-state index in [0.717, 1.165) is 25.8 Å². The first kappa shape index (κ1) is 14.7. The summed E-state index contributed by atoms with van der Waals surface area (Å²) in [5, 5.41) is 3.43. The Morgan fingerprint density at radius 1 is 1.59 bits per heavy atom. The molecule has 1 aliphatic rings. The largest absolute Gasteiger partial charge is 0.314 e. The van der Waals surface area contributed by atoms with Crippen molar-refractivity contribution in [1.29, 1.82) is 0 Å². The van der Waals surface area contributed by atoms with Gasteiger partial charge in [-0.2, -0.15) is 0 Å². The second-order valence-electron chi connectivity index (χ2n) is 4.96. The second-order valence-corrected chi connectivity index (χ2v) is 6.95. The average Bonchev–Trinajstić information content (AvgIpc) is 2.26. The number of nitrogens with zero attached hydrogens (tertiary/aromatic N) is 1. The first-order valence-corrected chi connectivity index (χ1v) is 8.07. The zero-order chi connectivity index (χ0) is 12.9. The summed E-state index contributed by atoms with van der Waals surface area (Å²) in [5.74, 6) is 0.436. The summed E-state index contributed by atoms with van der Waals surface area (Å²) in [7, 11) is -3.02. The Kier molecular flexibility index (Phi) is 5.62. The van der Waals surface area contributed by atoms with Crippen LogP contribution in [0.15, 0.2) is 12.7 Å². The number of hydrogen-bond acceptors (Lipinski definition) is 3. The van der Waals surface area contributed by atoms with Crippen molar-refractivity contribution in [3.05, 3.63) is 12.7 Å². The van der Waals surface area contributed by atoms with Crippen LogP contribution in [0.2, 0.25) is 0 Å². The van der Waals surface area contributed by atoms with Crippen LogP contribution < -0.4 is 5.32 Å². The summed E-state index contributed by atoms with van der Waals surface area (Å²) < 4.78 is 24.5. The van der Waals surface area contributed by atoms with Gasteiger partial charge in [-0.15, -0.1) is 6.58 Å². The molecule has 4 nitrogen and oxygen atoms in total. The molecule has 100 valence electrons. The summed E-state index contributed by atoms with van der Waals surface area (Å²) in [5.41, 5.74) is 0. The van der Waals surface area contributed by atoms with Crippen molar-refractivity contribution in [2.45, 2.75) is 32.2 Å². The number of rotatable bonds is 6. The SMILES string of the molecule is C=CCC(C)NCC1CCCN(S(C)(=O)=O)C1. The van der Waals surface area contributed by atoms with Gasteiger partial charge in [0, 0.05) is 19.1 Å². The van der Waals surface area contributed by atoms with Gasteiger partial charge in [0.25, 0.3) is 0 Å². The molecule has 17 heavy (non-hydrogen) atoms. The summed E-state index contributed by atoms with van der Waals surface area (Å²) in [4.78, 5) is 0. The van der Waals surface area contributed by atoms with E-state index < -0.39 is 10.0 Å². The Bertz CT molecular complexity index is 340. The Labute approximate surface area is 105 Å². The zero-order valence-corrected chi connectivity index (χ0v) is 11.7. The van der Waals surface area contributed by atoms with E-state index in [1.54, 1.807) is 4.31 Å². The minimum atomic E-state index is -3.02.